The van der Waals surface area contributed by atoms with Gasteiger partial charge >= 0.3 is 0 Å². The van der Waals surface area contributed by atoms with Crippen LogP contribution in [0.25, 0.3) is 0 Å². The Labute approximate surface area is 181 Å². The number of benzene rings is 2. The Bertz CT molecular complexity index is 1220. The fourth-order valence-corrected chi connectivity index (χ4v) is 5.54. The molecule has 0 aromatic heterocycles. The SMILES string of the molecule is C=C1CCC(N2C(=O)c3ccc(NS(=O)(=O)c4ccccc4Br)cc3C2=O)C(=O)N1. The second-order valence-corrected chi connectivity index (χ2v) is 9.43. The number of amides is 3. The van der Waals surface area contributed by atoms with E-state index in [1.807, 2.05) is 0 Å². The van der Waals surface area contributed by atoms with Gasteiger partial charge in [0.1, 0.15) is 10.9 Å². The zero-order valence-corrected chi connectivity index (χ0v) is 17.9. The first-order valence-corrected chi connectivity index (χ1v) is 11.2. The molecule has 1 saturated heterocycles. The van der Waals surface area contributed by atoms with E-state index in [4.69, 9.17) is 0 Å². The van der Waals surface area contributed by atoms with Gasteiger partial charge in [0, 0.05) is 15.9 Å². The molecule has 4 rings (SSSR count). The van der Waals surface area contributed by atoms with E-state index in [9.17, 15) is 22.8 Å². The number of anilines is 1. The Morgan fingerprint density at radius 1 is 1.07 bits per heavy atom. The molecule has 0 saturated carbocycles. The quantitative estimate of drug-likeness (QED) is 0.640. The average molecular weight is 490 g/mol. The van der Waals surface area contributed by atoms with Crippen LogP contribution in [0.15, 0.2) is 64.1 Å². The highest BCUT2D eigenvalue weighted by Crippen LogP contribution is 2.31. The van der Waals surface area contributed by atoms with Gasteiger partial charge in [-0.15, -0.1) is 0 Å². The standard InChI is InChI=1S/C20H16BrN3O5S/c1-11-6-9-16(18(25)22-11)24-19(26)13-8-7-12(10-14(13)20(24)27)23-30(28,29)17-5-3-2-4-15(17)21/h2-5,7-8,10,16,23H,1,6,9H2,(H,22,25). The predicted molar refractivity (Wildman–Crippen MR) is 112 cm³/mol. The zero-order chi connectivity index (χ0) is 21.6. The normalized spacial score (nSPS) is 19.0. The molecule has 3 amide bonds. The highest BCUT2D eigenvalue weighted by Gasteiger charge is 2.44. The number of piperidine rings is 1. The van der Waals surface area contributed by atoms with Crippen molar-refractivity contribution in [2.75, 3.05) is 4.72 Å². The van der Waals surface area contributed by atoms with Crippen LogP contribution >= 0.6 is 15.9 Å². The van der Waals surface area contributed by atoms with Crippen molar-refractivity contribution in [1.82, 2.24) is 10.2 Å². The fraction of sp³-hybridized carbons (Fsp3) is 0.150. The third-order valence-electron chi connectivity index (χ3n) is 4.93. The molecule has 2 aromatic rings. The van der Waals surface area contributed by atoms with Gasteiger partial charge in [0.25, 0.3) is 21.8 Å². The van der Waals surface area contributed by atoms with Gasteiger partial charge in [-0.1, -0.05) is 18.7 Å². The predicted octanol–water partition coefficient (Wildman–Crippen LogP) is 2.64. The smallest absolute Gasteiger partial charge is 0.263 e. The van der Waals surface area contributed by atoms with Crippen molar-refractivity contribution >= 4 is 49.4 Å². The minimum atomic E-state index is -3.92. The summed E-state index contributed by atoms with van der Waals surface area (Å²) in [6.45, 7) is 3.69. The maximum Gasteiger partial charge on any atom is 0.263 e. The van der Waals surface area contributed by atoms with Gasteiger partial charge in [-0.25, -0.2) is 8.42 Å². The number of sulfonamides is 1. The van der Waals surface area contributed by atoms with E-state index >= 15 is 0 Å². The number of fused-ring (bicyclic) bond motifs is 1. The van der Waals surface area contributed by atoms with Gasteiger partial charge in [0.05, 0.1) is 11.1 Å². The monoisotopic (exact) mass is 489 g/mol. The third-order valence-corrected chi connectivity index (χ3v) is 7.32. The Morgan fingerprint density at radius 2 is 1.77 bits per heavy atom. The first-order chi connectivity index (χ1) is 14.2. The molecule has 2 aromatic carbocycles. The molecule has 8 nitrogen and oxygen atoms in total. The van der Waals surface area contributed by atoms with Crippen LogP contribution in [0, 0.1) is 0 Å². The highest BCUT2D eigenvalue weighted by molar-refractivity contribution is 9.10. The number of hydrogen-bond donors (Lipinski definition) is 2. The summed E-state index contributed by atoms with van der Waals surface area (Å²) in [6.07, 6.45) is 0.748. The molecule has 154 valence electrons. The van der Waals surface area contributed by atoms with Gasteiger partial charge in [-0.2, -0.15) is 0 Å². The van der Waals surface area contributed by atoms with Crippen LogP contribution in [0.5, 0.6) is 0 Å². The topological polar surface area (TPSA) is 113 Å². The van der Waals surface area contributed by atoms with Gasteiger partial charge in [0.2, 0.25) is 5.91 Å². The van der Waals surface area contributed by atoms with Crippen molar-refractivity contribution in [3.05, 3.63) is 70.3 Å². The molecule has 1 fully saturated rings. The molecule has 2 aliphatic heterocycles. The minimum absolute atomic E-state index is 0.0358. The van der Waals surface area contributed by atoms with Crippen molar-refractivity contribution in [2.24, 2.45) is 0 Å². The number of carbonyl (C=O) groups is 3. The van der Waals surface area contributed by atoms with E-state index in [1.54, 1.807) is 18.2 Å². The maximum absolute atomic E-state index is 12.9. The summed E-state index contributed by atoms with van der Waals surface area (Å²) in [5.74, 6) is -1.68. The van der Waals surface area contributed by atoms with Crippen LogP contribution in [-0.4, -0.2) is 37.1 Å². The summed E-state index contributed by atoms with van der Waals surface area (Å²) in [7, 11) is -3.92. The lowest BCUT2D eigenvalue weighted by Gasteiger charge is -2.29. The molecule has 30 heavy (non-hydrogen) atoms. The minimum Gasteiger partial charge on any atom is -0.329 e. The number of hydrogen-bond acceptors (Lipinski definition) is 5. The van der Waals surface area contributed by atoms with E-state index in [0.717, 1.165) is 4.90 Å². The molecule has 0 spiro atoms. The summed E-state index contributed by atoms with van der Waals surface area (Å²) in [4.78, 5) is 38.9. The number of nitrogens with zero attached hydrogens (tertiary/aromatic N) is 1. The molecule has 0 radical (unpaired) electrons. The summed E-state index contributed by atoms with van der Waals surface area (Å²) in [5, 5.41) is 2.56. The highest BCUT2D eigenvalue weighted by atomic mass is 79.9. The van der Waals surface area contributed by atoms with Crippen LogP contribution in [0.4, 0.5) is 5.69 Å². The first-order valence-electron chi connectivity index (χ1n) is 8.97. The Morgan fingerprint density at radius 3 is 2.47 bits per heavy atom. The largest absolute Gasteiger partial charge is 0.329 e. The van der Waals surface area contributed by atoms with Crippen LogP contribution in [0.1, 0.15) is 33.6 Å². The van der Waals surface area contributed by atoms with E-state index in [2.05, 4.69) is 32.5 Å². The molecule has 0 bridgehead atoms. The fourth-order valence-electron chi connectivity index (χ4n) is 3.49. The van der Waals surface area contributed by atoms with Crippen molar-refractivity contribution in [2.45, 2.75) is 23.8 Å². The van der Waals surface area contributed by atoms with E-state index in [0.29, 0.717) is 16.6 Å². The molecular formula is C20H16BrN3O5S. The molecule has 2 N–H and O–H groups in total. The molecule has 2 heterocycles. The number of halogens is 1. The number of carbonyl (C=O) groups excluding carboxylic acids is 3. The number of rotatable bonds is 4. The van der Waals surface area contributed by atoms with Crippen LogP contribution in [0.3, 0.4) is 0 Å². The number of allylic oxidation sites excluding steroid dienone is 1. The Hall–Kier alpha value is -2.98. The number of nitrogens with one attached hydrogen (secondary N) is 2. The number of imide groups is 1. The van der Waals surface area contributed by atoms with Crippen molar-refractivity contribution in [1.29, 1.82) is 0 Å². The lowest BCUT2D eigenvalue weighted by atomic mass is 10.0. The summed E-state index contributed by atoms with van der Waals surface area (Å²) in [6, 6.07) is 9.48. The maximum atomic E-state index is 12.9. The molecular weight excluding hydrogens is 474 g/mol. The summed E-state index contributed by atoms with van der Waals surface area (Å²) in [5.41, 5.74) is 0.844. The average Bonchev–Trinajstić information content (AvgIpc) is 2.92. The summed E-state index contributed by atoms with van der Waals surface area (Å²) >= 11 is 3.21. The van der Waals surface area contributed by atoms with Crippen LogP contribution in [-0.2, 0) is 14.8 Å². The lowest BCUT2D eigenvalue weighted by Crippen LogP contribution is -2.51. The van der Waals surface area contributed by atoms with E-state index in [1.165, 1.54) is 24.3 Å². The zero-order valence-electron chi connectivity index (χ0n) is 15.5. The van der Waals surface area contributed by atoms with Crippen molar-refractivity contribution in [3.63, 3.8) is 0 Å². The van der Waals surface area contributed by atoms with Gasteiger partial charge in [-0.3, -0.25) is 24.0 Å². The molecule has 0 aliphatic carbocycles. The molecule has 2 aliphatic rings. The second-order valence-electron chi connectivity index (χ2n) is 6.92. The van der Waals surface area contributed by atoms with E-state index in [-0.39, 0.29) is 28.1 Å². The van der Waals surface area contributed by atoms with Gasteiger partial charge in [-0.05, 0) is 59.1 Å². The Balaban J connectivity index is 1.63. The van der Waals surface area contributed by atoms with E-state index < -0.39 is 33.8 Å². The van der Waals surface area contributed by atoms with Crippen LogP contribution in [0.2, 0.25) is 0 Å². The third kappa shape index (κ3) is 3.41. The van der Waals surface area contributed by atoms with Gasteiger partial charge < -0.3 is 5.32 Å². The van der Waals surface area contributed by atoms with Crippen LogP contribution < -0.4 is 10.0 Å². The molecule has 1 atom stereocenters. The Kier molecular flexibility index (Phi) is 4.99. The summed E-state index contributed by atoms with van der Waals surface area (Å²) < 4.78 is 28.2. The lowest BCUT2D eigenvalue weighted by molar-refractivity contribution is -0.125. The van der Waals surface area contributed by atoms with Crippen molar-refractivity contribution in [3.8, 4) is 0 Å². The van der Waals surface area contributed by atoms with Gasteiger partial charge in [0.15, 0.2) is 0 Å². The second kappa shape index (κ2) is 7.37. The first kappa shape index (κ1) is 20.3. The molecule has 10 heteroatoms. The van der Waals surface area contributed by atoms with Crippen molar-refractivity contribution < 1.29 is 22.8 Å². The molecule has 1 unspecified atom stereocenters.